The summed E-state index contributed by atoms with van der Waals surface area (Å²) in [6.07, 6.45) is 1.75. The van der Waals surface area contributed by atoms with Crippen LogP contribution in [0.4, 0.5) is 5.13 Å². The standard InChI is InChI=1S/C20H18N6O3S/c1-28-17-8-5-14(10-18(17)29-2)16-11-30-20(22-16)23-19(27)9-13-3-6-15(7-4-13)26-12-21-24-25-26/h3-8,10-12H,9H2,1-2H3,(H,22,23,27). The average Bonchev–Trinajstić information content (AvgIpc) is 3.46. The Balaban J connectivity index is 1.40. The van der Waals surface area contributed by atoms with Crippen LogP contribution in [0.3, 0.4) is 0 Å². The molecule has 0 unspecified atom stereocenters. The number of tetrazole rings is 1. The number of amides is 1. The maximum absolute atomic E-state index is 12.4. The van der Waals surface area contributed by atoms with E-state index < -0.39 is 0 Å². The van der Waals surface area contributed by atoms with Crippen molar-refractivity contribution in [1.82, 2.24) is 25.2 Å². The number of nitrogens with one attached hydrogen (secondary N) is 1. The number of thiazole rings is 1. The third kappa shape index (κ3) is 4.28. The van der Waals surface area contributed by atoms with Crippen molar-refractivity contribution in [3.63, 3.8) is 0 Å². The highest BCUT2D eigenvalue weighted by Crippen LogP contribution is 2.33. The van der Waals surface area contributed by atoms with Crippen molar-refractivity contribution in [2.45, 2.75) is 6.42 Å². The summed E-state index contributed by atoms with van der Waals surface area (Å²) in [5.74, 6) is 1.13. The molecule has 10 heteroatoms. The Kier molecular flexibility index (Phi) is 5.66. The van der Waals surface area contributed by atoms with Gasteiger partial charge in [0.25, 0.3) is 0 Å². The van der Waals surface area contributed by atoms with Crippen LogP contribution in [0.5, 0.6) is 11.5 Å². The van der Waals surface area contributed by atoms with Gasteiger partial charge in [-0.15, -0.1) is 16.4 Å². The van der Waals surface area contributed by atoms with Crippen molar-refractivity contribution in [1.29, 1.82) is 0 Å². The van der Waals surface area contributed by atoms with E-state index in [0.717, 1.165) is 22.5 Å². The molecule has 0 spiro atoms. The van der Waals surface area contributed by atoms with Crippen LogP contribution in [-0.4, -0.2) is 45.3 Å². The van der Waals surface area contributed by atoms with Gasteiger partial charge in [-0.25, -0.2) is 9.67 Å². The highest BCUT2D eigenvalue weighted by molar-refractivity contribution is 7.14. The van der Waals surface area contributed by atoms with Crippen molar-refractivity contribution in [2.75, 3.05) is 19.5 Å². The molecular weight excluding hydrogens is 404 g/mol. The highest BCUT2D eigenvalue weighted by atomic mass is 32.1. The van der Waals surface area contributed by atoms with E-state index in [1.165, 1.54) is 17.7 Å². The largest absolute Gasteiger partial charge is 0.493 e. The van der Waals surface area contributed by atoms with Gasteiger partial charge in [-0.2, -0.15) is 0 Å². The fourth-order valence-electron chi connectivity index (χ4n) is 2.85. The van der Waals surface area contributed by atoms with Crippen molar-refractivity contribution < 1.29 is 14.3 Å². The Hall–Kier alpha value is -3.79. The number of carbonyl (C=O) groups excluding carboxylic acids is 1. The van der Waals surface area contributed by atoms with Crippen molar-refractivity contribution >= 4 is 22.4 Å². The summed E-state index contributed by atoms with van der Waals surface area (Å²) in [7, 11) is 3.18. The van der Waals surface area contributed by atoms with E-state index in [1.54, 1.807) is 18.9 Å². The van der Waals surface area contributed by atoms with Crippen LogP contribution in [-0.2, 0) is 11.2 Å². The summed E-state index contributed by atoms with van der Waals surface area (Å²) in [6.45, 7) is 0. The average molecular weight is 422 g/mol. The summed E-state index contributed by atoms with van der Waals surface area (Å²) < 4.78 is 12.1. The lowest BCUT2D eigenvalue weighted by molar-refractivity contribution is -0.115. The summed E-state index contributed by atoms with van der Waals surface area (Å²) in [5.41, 5.74) is 3.33. The van der Waals surface area contributed by atoms with E-state index in [0.29, 0.717) is 16.6 Å². The minimum Gasteiger partial charge on any atom is -0.493 e. The summed E-state index contributed by atoms with van der Waals surface area (Å²) in [6, 6.07) is 13.0. The molecule has 0 bridgehead atoms. The molecule has 4 rings (SSSR count). The molecule has 0 radical (unpaired) electrons. The predicted octanol–water partition coefficient (Wildman–Crippen LogP) is 2.98. The maximum atomic E-state index is 12.4. The smallest absolute Gasteiger partial charge is 0.230 e. The van der Waals surface area contributed by atoms with Crippen LogP contribution in [0.25, 0.3) is 16.9 Å². The summed E-state index contributed by atoms with van der Waals surface area (Å²) >= 11 is 1.37. The second-order valence-corrected chi connectivity index (χ2v) is 7.11. The van der Waals surface area contributed by atoms with Gasteiger partial charge in [0.1, 0.15) is 6.33 Å². The first kappa shape index (κ1) is 19.5. The van der Waals surface area contributed by atoms with Gasteiger partial charge in [-0.1, -0.05) is 12.1 Å². The fraction of sp³-hybridized carbons (Fsp3) is 0.150. The molecule has 0 aliphatic rings. The zero-order valence-corrected chi connectivity index (χ0v) is 17.1. The van der Waals surface area contributed by atoms with Gasteiger partial charge < -0.3 is 14.8 Å². The molecule has 0 saturated carbocycles. The van der Waals surface area contributed by atoms with Gasteiger partial charge in [0.2, 0.25) is 5.91 Å². The van der Waals surface area contributed by atoms with Crippen LogP contribution < -0.4 is 14.8 Å². The Bertz CT molecular complexity index is 1140. The van der Waals surface area contributed by atoms with E-state index in [9.17, 15) is 4.79 Å². The number of ether oxygens (including phenoxy) is 2. The zero-order valence-electron chi connectivity index (χ0n) is 16.3. The molecule has 2 aromatic heterocycles. The third-order valence-corrected chi connectivity index (χ3v) is 5.10. The molecule has 0 fully saturated rings. The number of aromatic nitrogens is 5. The molecule has 0 saturated heterocycles. The molecule has 1 N–H and O–H groups in total. The number of rotatable bonds is 7. The molecule has 1 amide bonds. The Morgan fingerprint density at radius 3 is 2.60 bits per heavy atom. The molecule has 2 aromatic carbocycles. The second-order valence-electron chi connectivity index (χ2n) is 6.25. The van der Waals surface area contributed by atoms with Crippen molar-refractivity contribution in [3.8, 4) is 28.4 Å². The SMILES string of the molecule is COc1ccc(-c2csc(NC(=O)Cc3ccc(-n4cnnn4)cc3)n2)cc1OC. The van der Waals surface area contributed by atoms with Gasteiger partial charge in [0.05, 0.1) is 32.0 Å². The molecule has 152 valence electrons. The van der Waals surface area contributed by atoms with Crippen LogP contribution >= 0.6 is 11.3 Å². The number of benzene rings is 2. The van der Waals surface area contributed by atoms with Crippen LogP contribution in [0.2, 0.25) is 0 Å². The lowest BCUT2D eigenvalue weighted by Gasteiger charge is -2.08. The minimum atomic E-state index is -0.140. The quantitative estimate of drug-likeness (QED) is 0.488. The molecule has 0 atom stereocenters. The zero-order chi connectivity index (χ0) is 20.9. The Morgan fingerprint density at radius 1 is 1.10 bits per heavy atom. The van der Waals surface area contributed by atoms with E-state index >= 15 is 0 Å². The first-order valence-electron chi connectivity index (χ1n) is 8.96. The third-order valence-electron chi connectivity index (χ3n) is 4.34. The van der Waals surface area contributed by atoms with Gasteiger partial charge in [-0.05, 0) is 46.3 Å². The van der Waals surface area contributed by atoms with E-state index in [1.807, 2.05) is 47.8 Å². The van der Waals surface area contributed by atoms with Gasteiger partial charge in [0, 0.05) is 10.9 Å². The lowest BCUT2D eigenvalue weighted by Crippen LogP contribution is -2.14. The molecular formula is C20H18N6O3S. The molecule has 4 aromatic rings. The Morgan fingerprint density at radius 2 is 1.90 bits per heavy atom. The molecule has 0 aliphatic carbocycles. The Labute approximate surface area is 176 Å². The monoisotopic (exact) mass is 422 g/mol. The number of carbonyl (C=O) groups is 1. The second kappa shape index (κ2) is 8.70. The number of nitrogens with zero attached hydrogens (tertiary/aromatic N) is 5. The first-order chi connectivity index (χ1) is 14.7. The fourth-order valence-corrected chi connectivity index (χ4v) is 3.59. The summed E-state index contributed by atoms with van der Waals surface area (Å²) in [4.78, 5) is 16.9. The van der Waals surface area contributed by atoms with Crippen molar-refractivity contribution in [3.05, 3.63) is 59.7 Å². The maximum Gasteiger partial charge on any atom is 0.230 e. The lowest BCUT2D eigenvalue weighted by atomic mass is 10.1. The number of anilines is 1. The van der Waals surface area contributed by atoms with Crippen LogP contribution in [0, 0.1) is 0 Å². The topological polar surface area (TPSA) is 104 Å². The first-order valence-corrected chi connectivity index (χ1v) is 9.84. The molecule has 30 heavy (non-hydrogen) atoms. The van der Waals surface area contributed by atoms with Crippen molar-refractivity contribution in [2.24, 2.45) is 0 Å². The molecule has 9 nitrogen and oxygen atoms in total. The highest BCUT2D eigenvalue weighted by Gasteiger charge is 2.11. The van der Waals surface area contributed by atoms with Crippen LogP contribution in [0.15, 0.2) is 54.2 Å². The number of methoxy groups -OCH3 is 2. The van der Waals surface area contributed by atoms with Crippen LogP contribution in [0.1, 0.15) is 5.56 Å². The van der Waals surface area contributed by atoms with E-state index in [2.05, 4.69) is 25.8 Å². The number of hydrogen-bond acceptors (Lipinski definition) is 8. The van der Waals surface area contributed by atoms with Gasteiger partial charge in [0.15, 0.2) is 16.6 Å². The minimum absolute atomic E-state index is 0.140. The molecule has 2 heterocycles. The van der Waals surface area contributed by atoms with E-state index in [4.69, 9.17) is 9.47 Å². The van der Waals surface area contributed by atoms with E-state index in [-0.39, 0.29) is 12.3 Å². The predicted molar refractivity (Wildman–Crippen MR) is 112 cm³/mol. The summed E-state index contributed by atoms with van der Waals surface area (Å²) in [5, 5.41) is 16.3. The molecule has 0 aliphatic heterocycles. The normalized spacial score (nSPS) is 10.6. The van der Waals surface area contributed by atoms with Gasteiger partial charge in [-0.3, -0.25) is 4.79 Å². The van der Waals surface area contributed by atoms with Gasteiger partial charge >= 0.3 is 0 Å². The number of hydrogen-bond donors (Lipinski definition) is 1.